The van der Waals surface area contributed by atoms with Crippen LogP contribution in [0.1, 0.15) is 84.5 Å². The van der Waals surface area contributed by atoms with Gasteiger partial charge in [-0.1, -0.05) is 84.5 Å². The molecule has 0 radical (unpaired) electrons. The maximum absolute atomic E-state index is 2.46. The van der Waals surface area contributed by atoms with Crippen LogP contribution in [0.2, 0.25) is 0 Å². The van der Waals surface area contributed by atoms with Gasteiger partial charge in [-0.05, 0) is 11.8 Å². The SMILES string of the molecule is CCC(C)C1CCCCCCCCCC1. The summed E-state index contributed by atoms with van der Waals surface area (Å²) in [5.41, 5.74) is 0. The number of hydrogen-bond acceptors (Lipinski definition) is 0. The second kappa shape index (κ2) is 8.19. The van der Waals surface area contributed by atoms with E-state index in [-0.39, 0.29) is 0 Å². The van der Waals surface area contributed by atoms with Crippen molar-refractivity contribution in [2.45, 2.75) is 84.5 Å². The van der Waals surface area contributed by atoms with E-state index in [9.17, 15) is 0 Å². The maximum atomic E-state index is 2.46. The van der Waals surface area contributed by atoms with Gasteiger partial charge >= 0.3 is 0 Å². The first-order valence-corrected chi connectivity index (χ1v) is 7.34. The molecular weight excluding hydrogens is 180 g/mol. The fourth-order valence-corrected chi connectivity index (χ4v) is 2.92. The third kappa shape index (κ3) is 5.58. The molecule has 0 amide bonds. The molecule has 1 saturated carbocycles. The van der Waals surface area contributed by atoms with Gasteiger partial charge in [0.15, 0.2) is 0 Å². The van der Waals surface area contributed by atoms with E-state index in [4.69, 9.17) is 0 Å². The Morgan fingerprint density at radius 2 is 1.20 bits per heavy atom. The molecule has 0 N–H and O–H groups in total. The molecule has 1 fully saturated rings. The summed E-state index contributed by atoms with van der Waals surface area (Å²) in [4.78, 5) is 0. The zero-order valence-corrected chi connectivity index (χ0v) is 10.9. The van der Waals surface area contributed by atoms with Crippen LogP contribution < -0.4 is 0 Å². The van der Waals surface area contributed by atoms with E-state index in [1.54, 1.807) is 0 Å². The van der Waals surface area contributed by atoms with Crippen LogP contribution in [0, 0.1) is 11.8 Å². The molecule has 0 aromatic carbocycles. The lowest BCUT2D eigenvalue weighted by Gasteiger charge is -2.22. The molecule has 0 nitrogen and oxygen atoms in total. The van der Waals surface area contributed by atoms with E-state index in [0.717, 1.165) is 11.8 Å². The van der Waals surface area contributed by atoms with Crippen molar-refractivity contribution in [3.63, 3.8) is 0 Å². The van der Waals surface area contributed by atoms with E-state index in [2.05, 4.69) is 13.8 Å². The molecule has 0 aromatic heterocycles. The van der Waals surface area contributed by atoms with Gasteiger partial charge in [-0.25, -0.2) is 0 Å². The summed E-state index contributed by atoms with van der Waals surface area (Å²) in [6.07, 6.45) is 16.3. The molecular formula is C15H30. The zero-order valence-electron chi connectivity index (χ0n) is 10.9. The van der Waals surface area contributed by atoms with Crippen LogP contribution in [0.5, 0.6) is 0 Å². The summed E-state index contributed by atoms with van der Waals surface area (Å²) in [5, 5.41) is 0. The van der Waals surface area contributed by atoms with Crippen LogP contribution >= 0.6 is 0 Å². The van der Waals surface area contributed by atoms with E-state index in [0.29, 0.717) is 0 Å². The minimum absolute atomic E-state index is 0.964. The minimum atomic E-state index is 0.964. The lowest BCUT2D eigenvalue weighted by atomic mass is 9.83. The lowest BCUT2D eigenvalue weighted by molar-refractivity contribution is 0.291. The molecule has 1 aliphatic carbocycles. The molecule has 1 rings (SSSR count). The van der Waals surface area contributed by atoms with Gasteiger partial charge in [0.2, 0.25) is 0 Å². The van der Waals surface area contributed by atoms with Gasteiger partial charge in [-0.3, -0.25) is 0 Å². The molecule has 90 valence electrons. The third-order valence-corrected chi connectivity index (χ3v) is 4.35. The molecule has 1 aliphatic rings. The first kappa shape index (κ1) is 13.1. The average molecular weight is 210 g/mol. The molecule has 0 saturated heterocycles. The van der Waals surface area contributed by atoms with Crippen molar-refractivity contribution < 1.29 is 0 Å². The van der Waals surface area contributed by atoms with Crippen LogP contribution in [0.15, 0.2) is 0 Å². The monoisotopic (exact) mass is 210 g/mol. The predicted octanol–water partition coefficient (Wildman–Crippen LogP) is 5.56. The van der Waals surface area contributed by atoms with Gasteiger partial charge in [0, 0.05) is 0 Å². The number of hydrogen-bond donors (Lipinski definition) is 0. The van der Waals surface area contributed by atoms with Crippen LogP contribution in [-0.4, -0.2) is 0 Å². The minimum Gasteiger partial charge on any atom is -0.0651 e. The van der Waals surface area contributed by atoms with E-state index >= 15 is 0 Å². The van der Waals surface area contributed by atoms with Crippen LogP contribution in [0.3, 0.4) is 0 Å². The molecule has 1 atom stereocenters. The summed E-state index contributed by atoms with van der Waals surface area (Å²) in [7, 11) is 0. The highest BCUT2D eigenvalue weighted by molar-refractivity contribution is 4.67. The van der Waals surface area contributed by atoms with Crippen LogP contribution in [0.4, 0.5) is 0 Å². The second-order valence-corrected chi connectivity index (χ2v) is 5.55. The first-order chi connectivity index (χ1) is 7.34. The average Bonchev–Trinajstić information content (AvgIpc) is 2.32. The highest BCUT2D eigenvalue weighted by atomic mass is 14.2. The molecule has 0 heteroatoms. The van der Waals surface area contributed by atoms with E-state index < -0.39 is 0 Å². The normalized spacial score (nSPS) is 24.4. The highest BCUT2D eigenvalue weighted by Gasteiger charge is 2.15. The summed E-state index contributed by atoms with van der Waals surface area (Å²) in [5.74, 6) is 2.00. The van der Waals surface area contributed by atoms with Crippen molar-refractivity contribution in [2.75, 3.05) is 0 Å². The Balaban J connectivity index is 2.31. The molecule has 0 bridgehead atoms. The highest BCUT2D eigenvalue weighted by Crippen LogP contribution is 2.28. The van der Waals surface area contributed by atoms with Crippen molar-refractivity contribution in [3.05, 3.63) is 0 Å². The summed E-state index contributed by atoms with van der Waals surface area (Å²) < 4.78 is 0. The molecule has 0 aliphatic heterocycles. The molecule has 0 heterocycles. The van der Waals surface area contributed by atoms with Crippen molar-refractivity contribution >= 4 is 0 Å². The number of rotatable bonds is 2. The van der Waals surface area contributed by atoms with Gasteiger partial charge < -0.3 is 0 Å². The largest absolute Gasteiger partial charge is 0.0651 e. The van der Waals surface area contributed by atoms with Gasteiger partial charge in [-0.15, -0.1) is 0 Å². The van der Waals surface area contributed by atoms with Gasteiger partial charge in [0.1, 0.15) is 0 Å². The Labute approximate surface area is 96.8 Å². The quantitative estimate of drug-likeness (QED) is 0.559. The summed E-state index contributed by atoms with van der Waals surface area (Å²) in [6.45, 7) is 4.82. The topological polar surface area (TPSA) is 0 Å². The third-order valence-electron chi connectivity index (χ3n) is 4.35. The van der Waals surface area contributed by atoms with E-state index in [1.165, 1.54) is 70.6 Å². The fraction of sp³-hybridized carbons (Fsp3) is 1.00. The Morgan fingerprint density at radius 1 is 0.800 bits per heavy atom. The fourth-order valence-electron chi connectivity index (χ4n) is 2.92. The maximum Gasteiger partial charge on any atom is -0.0389 e. The van der Waals surface area contributed by atoms with Crippen LogP contribution in [0.25, 0.3) is 0 Å². The molecule has 15 heavy (non-hydrogen) atoms. The van der Waals surface area contributed by atoms with Crippen molar-refractivity contribution in [2.24, 2.45) is 11.8 Å². The van der Waals surface area contributed by atoms with Gasteiger partial charge in [0.25, 0.3) is 0 Å². The summed E-state index contributed by atoms with van der Waals surface area (Å²) >= 11 is 0. The first-order valence-electron chi connectivity index (χ1n) is 7.34. The molecule has 0 spiro atoms. The predicted molar refractivity (Wildman–Crippen MR) is 69.1 cm³/mol. The van der Waals surface area contributed by atoms with Crippen molar-refractivity contribution in [1.82, 2.24) is 0 Å². The van der Waals surface area contributed by atoms with Gasteiger partial charge in [0.05, 0.1) is 0 Å². The lowest BCUT2D eigenvalue weighted by Crippen LogP contribution is -2.11. The Morgan fingerprint density at radius 3 is 1.60 bits per heavy atom. The van der Waals surface area contributed by atoms with Crippen molar-refractivity contribution in [1.29, 1.82) is 0 Å². The smallest absolute Gasteiger partial charge is 0.0389 e. The summed E-state index contributed by atoms with van der Waals surface area (Å²) in [6, 6.07) is 0. The van der Waals surface area contributed by atoms with E-state index in [1.807, 2.05) is 0 Å². The van der Waals surface area contributed by atoms with Crippen LogP contribution in [-0.2, 0) is 0 Å². The Kier molecular flexibility index (Phi) is 7.13. The Bertz CT molecular complexity index is 127. The van der Waals surface area contributed by atoms with Gasteiger partial charge in [-0.2, -0.15) is 0 Å². The Hall–Kier alpha value is 0. The second-order valence-electron chi connectivity index (χ2n) is 5.55. The standard InChI is InChI=1S/C15H30/c1-3-14(2)15-12-10-8-6-4-5-7-9-11-13-15/h14-15H,3-13H2,1-2H3. The van der Waals surface area contributed by atoms with Crippen molar-refractivity contribution in [3.8, 4) is 0 Å². The molecule has 1 unspecified atom stereocenters. The molecule has 0 aromatic rings. The zero-order chi connectivity index (χ0) is 10.9.